The van der Waals surface area contributed by atoms with E-state index < -0.39 is 0 Å². The number of aliphatic hydroxyl groups is 1. The summed E-state index contributed by atoms with van der Waals surface area (Å²) in [7, 11) is 0. The first-order chi connectivity index (χ1) is 10.1. The van der Waals surface area contributed by atoms with Gasteiger partial charge in [0.25, 0.3) is 0 Å². The minimum Gasteiger partial charge on any atom is -0.396 e. The predicted molar refractivity (Wildman–Crippen MR) is 87.6 cm³/mol. The van der Waals surface area contributed by atoms with E-state index in [2.05, 4.69) is 22.0 Å². The topological polar surface area (TPSA) is 49.8 Å². The molecule has 0 unspecified atom stereocenters. The molecule has 0 aliphatic carbocycles. The SMILES string of the molecule is Cc1cc(Br)ccc1SCC(=O)N1CCOC[C@H]1CCO. The van der Waals surface area contributed by atoms with Gasteiger partial charge in [0.2, 0.25) is 5.91 Å². The molecular weight excluding hydrogens is 354 g/mol. The number of hydrogen-bond donors (Lipinski definition) is 1. The molecule has 1 aromatic carbocycles. The standard InChI is InChI=1S/C15H20BrNO3S/c1-11-8-12(16)2-3-14(11)21-10-15(19)17-5-7-20-9-13(17)4-6-18/h2-3,8,13,18H,4-7,9-10H2,1H3/t13-/m1/s1. The lowest BCUT2D eigenvalue weighted by Gasteiger charge is -2.35. The van der Waals surface area contributed by atoms with Crippen molar-refractivity contribution in [3.8, 4) is 0 Å². The average Bonchev–Trinajstić information content (AvgIpc) is 2.47. The van der Waals surface area contributed by atoms with Gasteiger partial charge in [-0.1, -0.05) is 15.9 Å². The van der Waals surface area contributed by atoms with Crippen LogP contribution in [-0.4, -0.2) is 54.1 Å². The van der Waals surface area contributed by atoms with Crippen LogP contribution in [0.25, 0.3) is 0 Å². The lowest BCUT2D eigenvalue weighted by Crippen LogP contribution is -2.49. The van der Waals surface area contributed by atoms with E-state index in [0.29, 0.717) is 31.9 Å². The number of carbonyl (C=O) groups excluding carboxylic acids is 1. The van der Waals surface area contributed by atoms with Crippen molar-refractivity contribution >= 4 is 33.6 Å². The van der Waals surface area contributed by atoms with Gasteiger partial charge in [0.1, 0.15) is 0 Å². The minimum atomic E-state index is 0.00265. The summed E-state index contributed by atoms with van der Waals surface area (Å²) in [5.74, 6) is 0.536. The lowest BCUT2D eigenvalue weighted by atomic mass is 10.1. The number of nitrogens with zero attached hydrogens (tertiary/aromatic N) is 1. The summed E-state index contributed by atoms with van der Waals surface area (Å²) in [5, 5.41) is 9.09. The van der Waals surface area contributed by atoms with E-state index >= 15 is 0 Å². The van der Waals surface area contributed by atoms with Gasteiger partial charge in [-0.05, 0) is 37.1 Å². The molecule has 0 saturated carbocycles. The zero-order chi connectivity index (χ0) is 15.2. The van der Waals surface area contributed by atoms with E-state index in [4.69, 9.17) is 9.84 Å². The molecule has 0 bridgehead atoms. The summed E-state index contributed by atoms with van der Waals surface area (Å²) < 4.78 is 6.44. The smallest absolute Gasteiger partial charge is 0.233 e. The molecule has 0 radical (unpaired) electrons. The molecule has 0 aromatic heterocycles. The van der Waals surface area contributed by atoms with Crippen LogP contribution in [0.1, 0.15) is 12.0 Å². The van der Waals surface area contributed by atoms with E-state index in [-0.39, 0.29) is 18.6 Å². The third kappa shape index (κ3) is 4.71. The van der Waals surface area contributed by atoms with Gasteiger partial charge in [-0.25, -0.2) is 0 Å². The highest BCUT2D eigenvalue weighted by molar-refractivity contribution is 9.10. The second-order valence-electron chi connectivity index (χ2n) is 5.03. The van der Waals surface area contributed by atoms with Crippen LogP contribution in [0.2, 0.25) is 0 Å². The Hall–Kier alpha value is -0.560. The van der Waals surface area contributed by atoms with Crippen LogP contribution in [0.4, 0.5) is 0 Å². The number of morpholine rings is 1. The number of ether oxygens (including phenoxy) is 1. The maximum absolute atomic E-state index is 12.4. The largest absolute Gasteiger partial charge is 0.396 e. The van der Waals surface area contributed by atoms with Crippen molar-refractivity contribution in [3.63, 3.8) is 0 Å². The third-order valence-electron chi connectivity index (χ3n) is 3.50. The van der Waals surface area contributed by atoms with E-state index in [1.165, 1.54) is 0 Å². The molecule has 6 heteroatoms. The molecule has 1 aromatic rings. The number of aliphatic hydroxyl groups excluding tert-OH is 1. The molecule has 116 valence electrons. The highest BCUT2D eigenvalue weighted by Gasteiger charge is 2.26. The predicted octanol–water partition coefficient (Wildman–Crippen LogP) is 2.46. The molecule has 1 saturated heterocycles. The molecule has 2 rings (SSSR count). The first kappa shape index (κ1) is 16.8. The Balaban J connectivity index is 1.93. The summed E-state index contributed by atoms with van der Waals surface area (Å²) in [6, 6.07) is 6.07. The number of amides is 1. The fraction of sp³-hybridized carbons (Fsp3) is 0.533. The molecular formula is C15H20BrNO3S. The molecule has 1 amide bonds. The number of hydrogen-bond acceptors (Lipinski definition) is 4. The van der Waals surface area contributed by atoms with Gasteiger partial charge in [-0.15, -0.1) is 11.8 Å². The second kappa shape index (κ2) is 8.17. The van der Waals surface area contributed by atoms with Gasteiger partial charge in [0, 0.05) is 22.5 Å². The zero-order valence-corrected chi connectivity index (χ0v) is 14.5. The number of benzene rings is 1. The zero-order valence-electron chi connectivity index (χ0n) is 12.0. The lowest BCUT2D eigenvalue weighted by molar-refractivity contribution is -0.137. The fourth-order valence-electron chi connectivity index (χ4n) is 2.37. The summed E-state index contributed by atoms with van der Waals surface area (Å²) in [6.07, 6.45) is 0.577. The van der Waals surface area contributed by atoms with E-state index in [1.54, 1.807) is 11.8 Å². The summed E-state index contributed by atoms with van der Waals surface area (Å²) >= 11 is 5.00. The maximum Gasteiger partial charge on any atom is 0.233 e. The minimum absolute atomic E-state index is 0.00265. The molecule has 4 nitrogen and oxygen atoms in total. The molecule has 0 spiro atoms. The highest BCUT2D eigenvalue weighted by atomic mass is 79.9. The van der Waals surface area contributed by atoms with Crippen molar-refractivity contribution < 1.29 is 14.6 Å². The van der Waals surface area contributed by atoms with Crippen LogP contribution in [-0.2, 0) is 9.53 Å². The molecule has 1 heterocycles. The number of carbonyl (C=O) groups is 1. The number of rotatable bonds is 5. The number of thioether (sulfide) groups is 1. The van der Waals surface area contributed by atoms with Gasteiger partial charge < -0.3 is 14.7 Å². The maximum atomic E-state index is 12.4. The van der Waals surface area contributed by atoms with E-state index in [0.717, 1.165) is 14.9 Å². The van der Waals surface area contributed by atoms with Gasteiger partial charge in [-0.3, -0.25) is 4.79 Å². The first-order valence-electron chi connectivity index (χ1n) is 6.99. The molecule has 1 atom stereocenters. The fourth-order valence-corrected chi connectivity index (χ4v) is 3.74. The van der Waals surface area contributed by atoms with Crippen molar-refractivity contribution in [3.05, 3.63) is 28.2 Å². The average molecular weight is 374 g/mol. The Bertz CT molecular complexity index is 496. The monoisotopic (exact) mass is 373 g/mol. The molecule has 1 fully saturated rings. The molecule has 21 heavy (non-hydrogen) atoms. The Kier molecular flexibility index (Phi) is 6.54. The Morgan fingerprint density at radius 3 is 3.10 bits per heavy atom. The first-order valence-corrected chi connectivity index (χ1v) is 8.76. The van der Waals surface area contributed by atoms with Gasteiger partial charge in [0.15, 0.2) is 0 Å². The normalized spacial score (nSPS) is 18.8. The second-order valence-corrected chi connectivity index (χ2v) is 6.96. The van der Waals surface area contributed by atoms with Crippen LogP contribution in [0.5, 0.6) is 0 Å². The molecule has 1 N–H and O–H groups in total. The quantitative estimate of drug-likeness (QED) is 0.805. The van der Waals surface area contributed by atoms with Gasteiger partial charge in [0.05, 0.1) is 25.0 Å². The molecule has 1 aliphatic heterocycles. The van der Waals surface area contributed by atoms with Crippen molar-refractivity contribution in [2.75, 3.05) is 32.1 Å². The van der Waals surface area contributed by atoms with Crippen LogP contribution in [0, 0.1) is 6.92 Å². The van der Waals surface area contributed by atoms with Crippen molar-refractivity contribution in [2.24, 2.45) is 0 Å². The summed E-state index contributed by atoms with van der Waals surface area (Å²) in [4.78, 5) is 15.4. The van der Waals surface area contributed by atoms with Crippen LogP contribution in [0.15, 0.2) is 27.6 Å². The highest BCUT2D eigenvalue weighted by Crippen LogP contribution is 2.26. The van der Waals surface area contributed by atoms with E-state index in [1.807, 2.05) is 24.0 Å². The molecule has 1 aliphatic rings. The Labute approximate surface area is 138 Å². The number of halogens is 1. The van der Waals surface area contributed by atoms with Crippen LogP contribution >= 0.6 is 27.7 Å². The van der Waals surface area contributed by atoms with Crippen LogP contribution < -0.4 is 0 Å². The Morgan fingerprint density at radius 2 is 2.38 bits per heavy atom. The van der Waals surface area contributed by atoms with Crippen LogP contribution in [0.3, 0.4) is 0 Å². The van der Waals surface area contributed by atoms with Crippen molar-refractivity contribution in [2.45, 2.75) is 24.3 Å². The van der Waals surface area contributed by atoms with Gasteiger partial charge in [-0.2, -0.15) is 0 Å². The number of aryl methyl sites for hydroxylation is 1. The summed E-state index contributed by atoms with van der Waals surface area (Å²) in [6.45, 7) is 3.84. The third-order valence-corrected chi connectivity index (χ3v) is 5.15. The van der Waals surface area contributed by atoms with E-state index in [9.17, 15) is 4.79 Å². The van der Waals surface area contributed by atoms with Crippen molar-refractivity contribution in [1.29, 1.82) is 0 Å². The Morgan fingerprint density at radius 1 is 1.57 bits per heavy atom. The summed E-state index contributed by atoms with van der Waals surface area (Å²) in [5.41, 5.74) is 1.16. The van der Waals surface area contributed by atoms with Gasteiger partial charge >= 0.3 is 0 Å². The van der Waals surface area contributed by atoms with Crippen molar-refractivity contribution in [1.82, 2.24) is 4.90 Å².